The molecule has 0 saturated heterocycles. The van der Waals surface area contributed by atoms with Crippen LogP contribution in [0.3, 0.4) is 0 Å². The van der Waals surface area contributed by atoms with E-state index < -0.39 is 12.0 Å². The van der Waals surface area contributed by atoms with Crippen LogP contribution < -0.4 is 15.8 Å². The van der Waals surface area contributed by atoms with Gasteiger partial charge in [-0.2, -0.15) is 5.26 Å². The number of benzene rings is 2. The van der Waals surface area contributed by atoms with E-state index in [0.717, 1.165) is 0 Å². The van der Waals surface area contributed by atoms with Crippen molar-refractivity contribution in [2.24, 2.45) is 5.73 Å². The van der Waals surface area contributed by atoms with Crippen LogP contribution in [0.5, 0.6) is 5.75 Å². The van der Waals surface area contributed by atoms with Crippen molar-refractivity contribution in [3.05, 3.63) is 59.7 Å². The van der Waals surface area contributed by atoms with Crippen LogP contribution in [0.1, 0.15) is 22.8 Å². The standard InChI is InChI=1S/C17H15N3O3/c1-11(23-14-8-6-12(7-9-14)16(19)21)17(22)20-15-5-3-2-4-13(15)10-18/h2-9,11H,1H3,(H2,19,21)(H,20,22). The quantitative estimate of drug-likeness (QED) is 0.881. The summed E-state index contributed by atoms with van der Waals surface area (Å²) in [5, 5.41) is 11.7. The highest BCUT2D eigenvalue weighted by atomic mass is 16.5. The third-order valence-corrected chi connectivity index (χ3v) is 3.13. The van der Waals surface area contributed by atoms with E-state index in [1.165, 1.54) is 12.1 Å². The number of hydrogen-bond acceptors (Lipinski definition) is 4. The maximum absolute atomic E-state index is 12.1. The summed E-state index contributed by atoms with van der Waals surface area (Å²) < 4.78 is 5.51. The first kappa shape index (κ1) is 16.0. The zero-order valence-electron chi connectivity index (χ0n) is 12.4. The Morgan fingerprint density at radius 2 is 1.83 bits per heavy atom. The molecule has 2 aromatic carbocycles. The average Bonchev–Trinajstić information content (AvgIpc) is 2.55. The number of anilines is 1. The second kappa shape index (κ2) is 7.09. The van der Waals surface area contributed by atoms with Crippen LogP contribution in [0, 0.1) is 11.3 Å². The van der Waals surface area contributed by atoms with Crippen molar-refractivity contribution in [3.63, 3.8) is 0 Å². The summed E-state index contributed by atoms with van der Waals surface area (Å²) in [4.78, 5) is 23.1. The summed E-state index contributed by atoms with van der Waals surface area (Å²) in [7, 11) is 0. The summed E-state index contributed by atoms with van der Waals surface area (Å²) in [6.07, 6.45) is -0.777. The highest BCUT2D eigenvalue weighted by Gasteiger charge is 2.16. The van der Waals surface area contributed by atoms with Crippen molar-refractivity contribution < 1.29 is 14.3 Å². The second-order valence-electron chi connectivity index (χ2n) is 4.80. The molecule has 0 saturated carbocycles. The summed E-state index contributed by atoms with van der Waals surface area (Å²) in [6, 6.07) is 14.9. The molecule has 0 fully saturated rings. The summed E-state index contributed by atoms with van der Waals surface area (Å²) in [5.74, 6) is -0.478. The van der Waals surface area contributed by atoms with E-state index in [4.69, 9.17) is 15.7 Å². The van der Waals surface area contributed by atoms with Crippen molar-refractivity contribution in [3.8, 4) is 11.8 Å². The molecule has 6 heteroatoms. The first-order valence-electron chi connectivity index (χ1n) is 6.88. The molecule has 116 valence electrons. The summed E-state index contributed by atoms with van der Waals surface area (Å²) in [6.45, 7) is 1.59. The number of para-hydroxylation sites is 1. The molecule has 0 heterocycles. The molecule has 1 atom stereocenters. The Morgan fingerprint density at radius 1 is 1.17 bits per heavy atom. The lowest BCUT2D eigenvalue weighted by Gasteiger charge is -2.15. The van der Waals surface area contributed by atoms with Crippen LogP contribution in [0.15, 0.2) is 48.5 Å². The van der Waals surface area contributed by atoms with Gasteiger partial charge < -0.3 is 15.8 Å². The number of carbonyl (C=O) groups excluding carboxylic acids is 2. The largest absolute Gasteiger partial charge is 0.481 e. The van der Waals surface area contributed by atoms with E-state index in [1.54, 1.807) is 43.3 Å². The predicted octanol–water partition coefficient (Wildman–Crippen LogP) is 2.06. The van der Waals surface area contributed by atoms with Gasteiger partial charge in [-0.1, -0.05) is 12.1 Å². The average molecular weight is 309 g/mol. The zero-order chi connectivity index (χ0) is 16.8. The summed E-state index contributed by atoms with van der Waals surface area (Å²) in [5.41, 5.74) is 6.32. The number of nitrogens with one attached hydrogen (secondary N) is 1. The topological polar surface area (TPSA) is 105 Å². The van der Waals surface area contributed by atoms with E-state index in [9.17, 15) is 9.59 Å². The molecule has 2 amide bonds. The van der Waals surface area contributed by atoms with Crippen molar-refractivity contribution in [1.29, 1.82) is 5.26 Å². The molecule has 0 spiro atoms. The van der Waals surface area contributed by atoms with Gasteiger partial charge >= 0.3 is 0 Å². The molecule has 6 nitrogen and oxygen atoms in total. The number of rotatable bonds is 5. The molecule has 0 bridgehead atoms. The van der Waals surface area contributed by atoms with Crippen molar-refractivity contribution in [1.82, 2.24) is 0 Å². The fourth-order valence-corrected chi connectivity index (χ4v) is 1.88. The number of carbonyl (C=O) groups is 2. The lowest BCUT2D eigenvalue weighted by molar-refractivity contribution is -0.122. The van der Waals surface area contributed by atoms with E-state index in [2.05, 4.69) is 5.32 Å². The van der Waals surface area contributed by atoms with Crippen LogP contribution in [0.2, 0.25) is 0 Å². The second-order valence-corrected chi connectivity index (χ2v) is 4.80. The molecule has 1 unspecified atom stereocenters. The molecule has 2 rings (SSSR count). The highest BCUT2D eigenvalue weighted by Crippen LogP contribution is 2.16. The molecule has 23 heavy (non-hydrogen) atoms. The first-order chi connectivity index (χ1) is 11.0. The monoisotopic (exact) mass is 309 g/mol. The number of hydrogen-bond donors (Lipinski definition) is 2. The Kier molecular flexibility index (Phi) is 4.95. The summed E-state index contributed by atoms with van der Waals surface area (Å²) >= 11 is 0. The molecule has 0 aliphatic heterocycles. The first-order valence-corrected chi connectivity index (χ1v) is 6.88. The van der Waals surface area contributed by atoms with Crippen molar-refractivity contribution in [2.75, 3.05) is 5.32 Å². The van der Waals surface area contributed by atoms with Gasteiger partial charge in [0.15, 0.2) is 6.10 Å². The van der Waals surface area contributed by atoms with Gasteiger partial charge in [0, 0.05) is 5.56 Å². The number of amides is 2. The van der Waals surface area contributed by atoms with Gasteiger partial charge in [-0.3, -0.25) is 9.59 Å². The SMILES string of the molecule is CC(Oc1ccc(C(N)=O)cc1)C(=O)Nc1ccccc1C#N. The maximum atomic E-state index is 12.1. The van der Waals surface area contributed by atoms with Crippen LogP contribution in [-0.2, 0) is 4.79 Å². The lowest BCUT2D eigenvalue weighted by atomic mass is 10.2. The van der Waals surface area contributed by atoms with E-state index in [-0.39, 0.29) is 5.91 Å². The zero-order valence-corrected chi connectivity index (χ0v) is 12.4. The number of primary amides is 1. The molecule has 0 aromatic heterocycles. The van der Waals surface area contributed by atoms with Crippen LogP contribution in [-0.4, -0.2) is 17.9 Å². The fourth-order valence-electron chi connectivity index (χ4n) is 1.88. The molecule has 0 aliphatic rings. The van der Waals surface area contributed by atoms with Crippen LogP contribution >= 0.6 is 0 Å². The third kappa shape index (κ3) is 4.08. The number of ether oxygens (including phenoxy) is 1. The van der Waals surface area contributed by atoms with Crippen LogP contribution in [0.4, 0.5) is 5.69 Å². The minimum atomic E-state index is -0.777. The fraction of sp³-hybridized carbons (Fsp3) is 0.118. The Balaban J connectivity index is 2.02. The van der Waals surface area contributed by atoms with Crippen LogP contribution in [0.25, 0.3) is 0 Å². The van der Waals surface area contributed by atoms with Gasteiger partial charge in [-0.05, 0) is 43.3 Å². The van der Waals surface area contributed by atoms with E-state index >= 15 is 0 Å². The minimum Gasteiger partial charge on any atom is -0.481 e. The Bertz CT molecular complexity index is 763. The van der Waals surface area contributed by atoms with Gasteiger partial charge in [0.05, 0.1) is 11.3 Å². The van der Waals surface area contributed by atoms with E-state index in [0.29, 0.717) is 22.6 Å². The Morgan fingerprint density at radius 3 is 2.43 bits per heavy atom. The Labute approximate surface area is 133 Å². The van der Waals surface area contributed by atoms with Crippen molar-refractivity contribution in [2.45, 2.75) is 13.0 Å². The number of nitrogens with zero attached hydrogens (tertiary/aromatic N) is 1. The van der Waals surface area contributed by atoms with Gasteiger partial charge in [0.1, 0.15) is 11.8 Å². The molecule has 0 aliphatic carbocycles. The molecular formula is C17H15N3O3. The lowest BCUT2D eigenvalue weighted by Crippen LogP contribution is -2.30. The molecular weight excluding hydrogens is 294 g/mol. The number of nitriles is 1. The maximum Gasteiger partial charge on any atom is 0.265 e. The van der Waals surface area contributed by atoms with Gasteiger partial charge in [0.25, 0.3) is 5.91 Å². The highest BCUT2D eigenvalue weighted by molar-refractivity contribution is 5.95. The van der Waals surface area contributed by atoms with Gasteiger partial charge in [0.2, 0.25) is 5.91 Å². The smallest absolute Gasteiger partial charge is 0.265 e. The molecule has 3 N–H and O–H groups in total. The minimum absolute atomic E-state index is 0.359. The predicted molar refractivity (Wildman–Crippen MR) is 84.8 cm³/mol. The normalized spacial score (nSPS) is 11.1. The Hall–Kier alpha value is -3.33. The number of nitrogens with two attached hydrogens (primary N) is 1. The van der Waals surface area contributed by atoms with Gasteiger partial charge in [-0.25, -0.2) is 0 Å². The molecule has 2 aromatic rings. The molecule has 0 radical (unpaired) electrons. The van der Waals surface area contributed by atoms with Crippen molar-refractivity contribution >= 4 is 17.5 Å². The van der Waals surface area contributed by atoms with E-state index in [1.807, 2.05) is 6.07 Å². The van der Waals surface area contributed by atoms with Gasteiger partial charge in [-0.15, -0.1) is 0 Å². The third-order valence-electron chi connectivity index (χ3n) is 3.13.